The third kappa shape index (κ3) is 3.42. The van der Waals surface area contributed by atoms with Crippen molar-refractivity contribution in [3.8, 4) is 22.9 Å². The maximum Gasteiger partial charge on any atom is 0.236 e. The molecule has 0 unspecified atom stereocenters. The Morgan fingerprint density at radius 2 is 2.00 bits per heavy atom. The Morgan fingerprint density at radius 3 is 2.77 bits per heavy atom. The van der Waals surface area contributed by atoms with E-state index >= 15 is 0 Å². The van der Waals surface area contributed by atoms with Crippen molar-refractivity contribution in [1.82, 2.24) is 9.97 Å². The maximum atomic E-state index is 13.3. The van der Waals surface area contributed by atoms with Gasteiger partial charge in [0.2, 0.25) is 11.8 Å². The molecule has 2 aromatic heterocycles. The zero-order valence-electron chi connectivity index (χ0n) is 18.0. The van der Waals surface area contributed by atoms with Gasteiger partial charge in [0.05, 0.1) is 30.4 Å². The largest absolute Gasteiger partial charge is 0.493 e. The molecule has 3 aromatic rings. The van der Waals surface area contributed by atoms with Crippen LogP contribution >= 0.6 is 0 Å². The van der Waals surface area contributed by atoms with Crippen molar-refractivity contribution < 1.29 is 14.3 Å². The van der Waals surface area contributed by atoms with Crippen molar-refractivity contribution in [2.45, 2.75) is 38.5 Å². The van der Waals surface area contributed by atoms with E-state index in [9.17, 15) is 4.79 Å². The van der Waals surface area contributed by atoms with Gasteiger partial charge >= 0.3 is 0 Å². The summed E-state index contributed by atoms with van der Waals surface area (Å²) in [6, 6.07) is 12.0. The van der Waals surface area contributed by atoms with Crippen molar-refractivity contribution >= 4 is 11.7 Å². The van der Waals surface area contributed by atoms with Gasteiger partial charge in [0.1, 0.15) is 11.6 Å². The molecule has 1 fully saturated rings. The molecule has 2 aliphatic rings. The number of benzene rings is 1. The SMILES string of the molecule is COc1ncc(C)cc1-c1nc(NC(=O)C2(c3ccc4c(c3)CCO4)CC2)ccc1C. The van der Waals surface area contributed by atoms with Gasteiger partial charge < -0.3 is 14.8 Å². The molecule has 1 aliphatic carbocycles. The average molecular weight is 415 g/mol. The number of anilines is 1. The molecule has 1 amide bonds. The zero-order chi connectivity index (χ0) is 21.6. The minimum absolute atomic E-state index is 0.0111. The van der Waals surface area contributed by atoms with E-state index in [4.69, 9.17) is 14.5 Å². The first-order valence-corrected chi connectivity index (χ1v) is 10.6. The number of carbonyl (C=O) groups excluding carboxylic acids is 1. The van der Waals surface area contributed by atoms with Crippen LogP contribution in [0.3, 0.4) is 0 Å². The minimum atomic E-state index is -0.479. The molecular weight excluding hydrogens is 390 g/mol. The number of nitrogens with one attached hydrogen (secondary N) is 1. The van der Waals surface area contributed by atoms with Gasteiger partial charge in [0.15, 0.2) is 0 Å². The van der Waals surface area contributed by atoms with Gasteiger partial charge in [-0.3, -0.25) is 4.79 Å². The summed E-state index contributed by atoms with van der Waals surface area (Å²) in [4.78, 5) is 22.4. The molecule has 158 valence electrons. The van der Waals surface area contributed by atoms with Crippen LogP contribution in [0.4, 0.5) is 5.82 Å². The average Bonchev–Trinajstić information content (AvgIpc) is 3.46. The molecule has 1 saturated carbocycles. The number of ether oxygens (including phenoxy) is 2. The van der Waals surface area contributed by atoms with E-state index < -0.39 is 5.41 Å². The predicted octanol–water partition coefficient (Wildman–Crippen LogP) is 4.37. The van der Waals surface area contributed by atoms with Crippen LogP contribution in [0.25, 0.3) is 11.3 Å². The fourth-order valence-corrected chi connectivity index (χ4v) is 4.25. The first kappa shape index (κ1) is 19.5. The van der Waals surface area contributed by atoms with Crippen LogP contribution in [0.15, 0.2) is 42.6 Å². The van der Waals surface area contributed by atoms with Gasteiger partial charge in [0, 0.05) is 12.6 Å². The minimum Gasteiger partial charge on any atom is -0.493 e. The number of pyridine rings is 2. The number of fused-ring (bicyclic) bond motifs is 1. The number of aromatic nitrogens is 2. The van der Waals surface area contributed by atoms with Crippen LogP contribution < -0.4 is 14.8 Å². The summed E-state index contributed by atoms with van der Waals surface area (Å²) in [7, 11) is 1.60. The molecule has 0 radical (unpaired) electrons. The standard InChI is InChI=1S/C25H25N3O3/c1-15-12-19(23(30-3)26-14-15)22-16(2)4-7-21(27-22)28-24(29)25(9-10-25)18-5-6-20-17(13-18)8-11-31-20/h4-7,12-14H,8-11H2,1-3H3,(H,27,28,29). The van der Waals surface area contributed by atoms with Crippen molar-refractivity contribution in [3.63, 3.8) is 0 Å². The molecule has 0 spiro atoms. The Morgan fingerprint density at radius 1 is 1.16 bits per heavy atom. The van der Waals surface area contributed by atoms with Crippen LogP contribution in [-0.4, -0.2) is 29.6 Å². The topological polar surface area (TPSA) is 73.3 Å². The summed E-state index contributed by atoms with van der Waals surface area (Å²) in [5.41, 5.74) is 5.35. The first-order valence-electron chi connectivity index (χ1n) is 10.6. The number of methoxy groups -OCH3 is 1. The molecule has 6 heteroatoms. The summed E-state index contributed by atoms with van der Waals surface area (Å²) in [5.74, 6) is 1.97. The second-order valence-corrected chi connectivity index (χ2v) is 8.39. The summed E-state index contributed by atoms with van der Waals surface area (Å²) in [6.07, 6.45) is 4.34. The highest BCUT2D eigenvalue weighted by Crippen LogP contribution is 2.50. The van der Waals surface area contributed by atoms with Gasteiger partial charge in [-0.15, -0.1) is 0 Å². The molecule has 1 aliphatic heterocycles. The third-order valence-electron chi connectivity index (χ3n) is 6.20. The summed E-state index contributed by atoms with van der Waals surface area (Å²) >= 11 is 0. The molecule has 31 heavy (non-hydrogen) atoms. The lowest BCUT2D eigenvalue weighted by molar-refractivity contribution is -0.118. The molecule has 0 bridgehead atoms. The van der Waals surface area contributed by atoms with Gasteiger partial charge in [-0.05, 0) is 67.1 Å². The zero-order valence-corrected chi connectivity index (χ0v) is 18.0. The number of carbonyl (C=O) groups is 1. The van der Waals surface area contributed by atoms with Crippen molar-refractivity contribution in [2.75, 3.05) is 19.0 Å². The highest BCUT2D eigenvalue weighted by atomic mass is 16.5. The van der Waals surface area contributed by atoms with Gasteiger partial charge in [-0.2, -0.15) is 0 Å². The lowest BCUT2D eigenvalue weighted by Crippen LogP contribution is -2.28. The van der Waals surface area contributed by atoms with E-state index in [1.54, 1.807) is 13.3 Å². The smallest absolute Gasteiger partial charge is 0.236 e. The monoisotopic (exact) mass is 415 g/mol. The summed E-state index contributed by atoms with van der Waals surface area (Å²) < 4.78 is 11.1. The van der Waals surface area contributed by atoms with E-state index in [-0.39, 0.29) is 5.91 Å². The normalized spacial score (nSPS) is 15.7. The number of nitrogens with zero attached hydrogens (tertiary/aromatic N) is 2. The first-order chi connectivity index (χ1) is 15.0. The highest BCUT2D eigenvalue weighted by Gasteiger charge is 2.51. The van der Waals surface area contributed by atoms with Crippen LogP contribution in [0.5, 0.6) is 11.6 Å². The number of amides is 1. The quantitative estimate of drug-likeness (QED) is 0.670. The fourth-order valence-electron chi connectivity index (χ4n) is 4.25. The Kier molecular flexibility index (Phi) is 4.65. The number of hydrogen-bond donors (Lipinski definition) is 1. The van der Waals surface area contributed by atoms with Gasteiger partial charge in [0.25, 0.3) is 0 Å². The summed E-state index contributed by atoms with van der Waals surface area (Å²) in [6.45, 7) is 4.69. The lowest BCUT2D eigenvalue weighted by atomic mass is 9.92. The van der Waals surface area contributed by atoms with E-state index in [2.05, 4.69) is 16.4 Å². The van der Waals surface area contributed by atoms with Crippen LogP contribution in [0.2, 0.25) is 0 Å². The van der Waals surface area contributed by atoms with E-state index in [1.165, 1.54) is 5.56 Å². The highest BCUT2D eigenvalue weighted by molar-refractivity contribution is 6.01. The fraction of sp³-hybridized carbons (Fsp3) is 0.320. The second-order valence-electron chi connectivity index (χ2n) is 8.39. The Hall–Kier alpha value is -3.41. The molecule has 6 nitrogen and oxygen atoms in total. The Labute approximate surface area is 181 Å². The number of hydrogen-bond acceptors (Lipinski definition) is 5. The molecule has 1 aromatic carbocycles. The number of rotatable bonds is 5. The van der Waals surface area contributed by atoms with E-state index in [1.807, 2.05) is 44.2 Å². The van der Waals surface area contributed by atoms with Crippen molar-refractivity contribution in [2.24, 2.45) is 0 Å². The molecule has 5 rings (SSSR count). The van der Waals surface area contributed by atoms with Gasteiger partial charge in [-0.1, -0.05) is 18.2 Å². The van der Waals surface area contributed by atoms with E-state index in [0.29, 0.717) is 18.3 Å². The molecular formula is C25H25N3O3. The Balaban J connectivity index is 1.44. The maximum absolute atomic E-state index is 13.3. The van der Waals surface area contributed by atoms with Crippen LogP contribution in [0.1, 0.15) is 35.1 Å². The van der Waals surface area contributed by atoms with E-state index in [0.717, 1.165) is 53.0 Å². The van der Waals surface area contributed by atoms with Gasteiger partial charge in [-0.25, -0.2) is 9.97 Å². The lowest BCUT2D eigenvalue weighted by Gasteiger charge is -2.17. The molecule has 0 saturated heterocycles. The van der Waals surface area contributed by atoms with Crippen LogP contribution in [0, 0.1) is 13.8 Å². The van der Waals surface area contributed by atoms with Crippen LogP contribution in [-0.2, 0) is 16.6 Å². The molecule has 1 N–H and O–H groups in total. The molecule has 3 heterocycles. The summed E-state index contributed by atoms with van der Waals surface area (Å²) in [5, 5.41) is 3.06. The Bertz CT molecular complexity index is 1180. The van der Waals surface area contributed by atoms with Crippen molar-refractivity contribution in [1.29, 1.82) is 0 Å². The second kappa shape index (κ2) is 7.38. The predicted molar refractivity (Wildman–Crippen MR) is 119 cm³/mol. The third-order valence-corrected chi connectivity index (χ3v) is 6.20. The van der Waals surface area contributed by atoms with Crippen molar-refractivity contribution in [3.05, 3.63) is 64.8 Å². The number of aryl methyl sites for hydroxylation is 2. The molecule has 0 atom stereocenters.